The molecule has 1 aromatic carbocycles. The van der Waals surface area contributed by atoms with Gasteiger partial charge in [-0.15, -0.1) is 0 Å². The van der Waals surface area contributed by atoms with Crippen molar-refractivity contribution in [1.82, 2.24) is 14.6 Å². The molecule has 28 heavy (non-hydrogen) atoms. The molecule has 3 rings (SSSR count). The van der Waals surface area contributed by atoms with Crippen molar-refractivity contribution < 1.29 is 14.3 Å². The first kappa shape index (κ1) is 20.0. The summed E-state index contributed by atoms with van der Waals surface area (Å²) >= 11 is 1.35. The SMILES string of the molecule is CCc1nn2c(=O)cc(COC(=O)COc3ccc(C(C)(C)C)cc3)nc2s1. The zero-order valence-electron chi connectivity index (χ0n) is 16.4. The fourth-order valence-electron chi connectivity index (χ4n) is 2.50. The topological polar surface area (TPSA) is 82.8 Å². The van der Waals surface area contributed by atoms with Crippen LogP contribution in [-0.4, -0.2) is 27.2 Å². The molecular weight excluding hydrogens is 378 g/mol. The highest BCUT2D eigenvalue weighted by molar-refractivity contribution is 7.16. The van der Waals surface area contributed by atoms with E-state index < -0.39 is 5.97 Å². The predicted molar refractivity (Wildman–Crippen MR) is 107 cm³/mol. The van der Waals surface area contributed by atoms with Crippen LogP contribution in [0, 0.1) is 0 Å². The summed E-state index contributed by atoms with van der Waals surface area (Å²) < 4.78 is 11.9. The quantitative estimate of drug-likeness (QED) is 0.590. The Hall–Kier alpha value is -2.74. The Morgan fingerprint density at radius 1 is 1.21 bits per heavy atom. The Morgan fingerprint density at radius 2 is 1.93 bits per heavy atom. The summed E-state index contributed by atoms with van der Waals surface area (Å²) in [6, 6.07) is 8.95. The maximum Gasteiger partial charge on any atom is 0.344 e. The largest absolute Gasteiger partial charge is 0.482 e. The Kier molecular flexibility index (Phi) is 5.79. The number of esters is 1. The molecule has 0 radical (unpaired) electrons. The normalized spacial score (nSPS) is 11.6. The average molecular weight is 401 g/mol. The molecule has 8 heteroatoms. The second-order valence-corrected chi connectivity index (χ2v) is 8.39. The van der Waals surface area contributed by atoms with Gasteiger partial charge in [0.2, 0.25) is 4.96 Å². The molecule has 0 fully saturated rings. The molecule has 0 aliphatic heterocycles. The Labute approximate surface area is 166 Å². The maximum atomic E-state index is 12.1. The number of benzene rings is 1. The van der Waals surface area contributed by atoms with Gasteiger partial charge in [0.15, 0.2) is 6.61 Å². The van der Waals surface area contributed by atoms with Crippen LogP contribution in [0.3, 0.4) is 0 Å². The van der Waals surface area contributed by atoms with Crippen molar-refractivity contribution in [1.29, 1.82) is 0 Å². The third-order valence-electron chi connectivity index (χ3n) is 4.10. The number of aryl methyl sites for hydroxylation is 1. The van der Waals surface area contributed by atoms with Gasteiger partial charge in [0.05, 0.1) is 5.69 Å². The van der Waals surface area contributed by atoms with Gasteiger partial charge in [0.1, 0.15) is 17.4 Å². The summed E-state index contributed by atoms with van der Waals surface area (Å²) in [6.07, 6.45) is 0.728. The fourth-order valence-corrected chi connectivity index (χ4v) is 3.36. The summed E-state index contributed by atoms with van der Waals surface area (Å²) in [5.41, 5.74) is 1.34. The van der Waals surface area contributed by atoms with Crippen LogP contribution in [0.4, 0.5) is 0 Å². The predicted octanol–water partition coefficient (Wildman–Crippen LogP) is 3.13. The monoisotopic (exact) mass is 401 g/mol. The second-order valence-electron chi connectivity index (χ2n) is 7.35. The summed E-state index contributed by atoms with van der Waals surface area (Å²) in [5, 5.41) is 5.01. The number of nitrogens with zero attached hydrogens (tertiary/aromatic N) is 3. The van der Waals surface area contributed by atoms with Gasteiger partial charge in [0.25, 0.3) is 5.56 Å². The van der Waals surface area contributed by atoms with Gasteiger partial charge in [-0.1, -0.05) is 51.2 Å². The highest BCUT2D eigenvalue weighted by Gasteiger charge is 2.14. The number of hydrogen-bond acceptors (Lipinski definition) is 7. The zero-order valence-corrected chi connectivity index (χ0v) is 17.2. The highest BCUT2D eigenvalue weighted by Crippen LogP contribution is 2.24. The number of aromatic nitrogens is 3. The lowest BCUT2D eigenvalue weighted by atomic mass is 9.87. The van der Waals surface area contributed by atoms with Crippen LogP contribution >= 0.6 is 11.3 Å². The molecular formula is C20H23N3O4S. The van der Waals surface area contributed by atoms with Crippen LogP contribution in [0.25, 0.3) is 4.96 Å². The molecule has 0 saturated heterocycles. The Balaban J connectivity index is 1.55. The lowest BCUT2D eigenvalue weighted by Gasteiger charge is -2.19. The summed E-state index contributed by atoms with van der Waals surface area (Å²) in [6.45, 7) is 8.06. The van der Waals surface area contributed by atoms with Crippen LogP contribution in [0.1, 0.15) is 44.0 Å². The highest BCUT2D eigenvalue weighted by atomic mass is 32.1. The fraction of sp³-hybridized carbons (Fsp3) is 0.400. The number of fused-ring (bicyclic) bond motifs is 1. The molecule has 0 atom stereocenters. The number of carbonyl (C=O) groups excluding carboxylic acids is 1. The van der Waals surface area contributed by atoms with E-state index in [2.05, 4.69) is 30.9 Å². The Bertz CT molecular complexity index is 1030. The van der Waals surface area contributed by atoms with Gasteiger partial charge in [-0.2, -0.15) is 9.61 Å². The minimum Gasteiger partial charge on any atom is -0.482 e. The second kappa shape index (κ2) is 8.10. The molecule has 0 aliphatic rings. The van der Waals surface area contributed by atoms with Gasteiger partial charge >= 0.3 is 5.97 Å². The van der Waals surface area contributed by atoms with Crippen LogP contribution in [0.15, 0.2) is 35.1 Å². The van der Waals surface area contributed by atoms with E-state index in [9.17, 15) is 9.59 Å². The van der Waals surface area contributed by atoms with Crippen molar-refractivity contribution in [2.45, 2.75) is 46.1 Å². The number of hydrogen-bond donors (Lipinski definition) is 0. The minimum atomic E-state index is -0.527. The number of ether oxygens (including phenoxy) is 2. The molecule has 0 aliphatic carbocycles. The van der Waals surface area contributed by atoms with E-state index >= 15 is 0 Å². The first-order chi connectivity index (χ1) is 13.3. The molecule has 0 N–H and O–H groups in total. The van der Waals surface area contributed by atoms with Crippen LogP contribution in [0.5, 0.6) is 5.75 Å². The molecule has 2 heterocycles. The van der Waals surface area contributed by atoms with Crippen molar-refractivity contribution in [3.05, 3.63) is 57.0 Å². The van der Waals surface area contributed by atoms with Crippen LogP contribution in [-0.2, 0) is 28.0 Å². The molecule has 148 valence electrons. The standard InChI is InChI=1S/C20H23N3O4S/c1-5-16-22-23-17(24)10-14(21-19(23)28-16)11-27-18(25)12-26-15-8-6-13(7-9-15)20(2,3)4/h6-10H,5,11-12H2,1-4H3. The van der Waals surface area contributed by atoms with E-state index in [1.165, 1.54) is 27.5 Å². The average Bonchev–Trinajstić information content (AvgIpc) is 3.08. The van der Waals surface area contributed by atoms with Crippen molar-refractivity contribution in [2.24, 2.45) is 0 Å². The van der Waals surface area contributed by atoms with E-state index in [4.69, 9.17) is 9.47 Å². The van der Waals surface area contributed by atoms with Gasteiger partial charge < -0.3 is 9.47 Å². The third kappa shape index (κ3) is 4.75. The molecule has 3 aromatic rings. The zero-order chi connectivity index (χ0) is 20.3. The van der Waals surface area contributed by atoms with Crippen LogP contribution in [0.2, 0.25) is 0 Å². The van der Waals surface area contributed by atoms with E-state index in [-0.39, 0.29) is 24.2 Å². The minimum absolute atomic E-state index is 0.0558. The molecule has 0 bridgehead atoms. The molecule has 0 saturated carbocycles. The maximum absolute atomic E-state index is 12.1. The molecule has 7 nitrogen and oxygen atoms in total. The van der Waals surface area contributed by atoms with E-state index in [0.29, 0.717) is 16.4 Å². The first-order valence-electron chi connectivity index (χ1n) is 9.04. The number of rotatable bonds is 6. The van der Waals surface area contributed by atoms with Gasteiger partial charge in [-0.25, -0.2) is 9.78 Å². The van der Waals surface area contributed by atoms with E-state index in [0.717, 1.165) is 11.4 Å². The smallest absolute Gasteiger partial charge is 0.344 e. The Morgan fingerprint density at radius 3 is 2.57 bits per heavy atom. The van der Waals surface area contributed by atoms with Crippen molar-refractivity contribution in [2.75, 3.05) is 6.61 Å². The van der Waals surface area contributed by atoms with Crippen LogP contribution < -0.4 is 10.3 Å². The summed E-state index contributed by atoms with van der Waals surface area (Å²) in [7, 11) is 0. The van der Waals surface area contributed by atoms with Gasteiger partial charge in [-0.05, 0) is 29.5 Å². The lowest BCUT2D eigenvalue weighted by Crippen LogP contribution is -2.18. The molecule has 2 aromatic heterocycles. The van der Waals surface area contributed by atoms with E-state index in [1.807, 2.05) is 31.2 Å². The number of carbonyl (C=O) groups is 1. The molecule has 0 unspecified atom stereocenters. The van der Waals surface area contributed by atoms with Gasteiger partial charge in [0, 0.05) is 6.07 Å². The molecule has 0 spiro atoms. The van der Waals surface area contributed by atoms with E-state index in [1.54, 1.807) is 0 Å². The van der Waals surface area contributed by atoms with Gasteiger partial charge in [-0.3, -0.25) is 4.79 Å². The summed E-state index contributed by atoms with van der Waals surface area (Å²) in [5.74, 6) is 0.0694. The third-order valence-corrected chi connectivity index (χ3v) is 5.15. The lowest BCUT2D eigenvalue weighted by molar-refractivity contribution is -0.147. The summed E-state index contributed by atoms with van der Waals surface area (Å²) in [4.78, 5) is 28.9. The van der Waals surface area contributed by atoms with Crippen molar-refractivity contribution in [3.63, 3.8) is 0 Å². The molecule has 0 amide bonds. The van der Waals surface area contributed by atoms with Crippen molar-refractivity contribution >= 4 is 22.3 Å². The van der Waals surface area contributed by atoms with Crippen molar-refractivity contribution in [3.8, 4) is 5.75 Å². The first-order valence-corrected chi connectivity index (χ1v) is 9.85.